The number of Topliss-reactive ketones (excluding diaryl/α,β-unsaturated/α-hetero) is 1. The van der Waals surface area contributed by atoms with Crippen LogP contribution in [0.25, 0.3) is 0 Å². The number of carbonyl (C=O) groups excluding carboxylic acids is 1. The average Bonchev–Trinajstić information content (AvgIpc) is 2.98. The topological polar surface area (TPSA) is 60.7 Å². The number of hydrogen-bond acceptors (Lipinski definition) is 5. The predicted octanol–water partition coefficient (Wildman–Crippen LogP) is 2.70. The minimum Gasteiger partial charge on any atom is -0.293 e. The molecule has 102 valence electrons. The van der Waals surface area contributed by atoms with Gasteiger partial charge in [0.1, 0.15) is 4.88 Å². The summed E-state index contributed by atoms with van der Waals surface area (Å²) in [5, 5.41) is 8.84. The molecule has 0 saturated heterocycles. The molecule has 0 aliphatic heterocycles. The van der Waals surface area contributed by atoms with Crippen molar-refractivity contribution < 1.29 is 4.79 Å². The monoisotopic (exact) mass is 298 g/mol. The van der Waals surface area contributed by atoms with Gasteiger partial charge in [-0.05, 0) is 31.8 Å². The summed E-state index contributed by atoms with van der Waals surface area (Å²) in [5.41, 5.74) is 2.27. The predicted molar refractivity (Wildman–Crippen MR) is 75.0 cm³/mol. The molecule has 19 heavy (non-hydrogen) atoms. The van der Waals surface area contributed by atoms with Crippen LogP contribution in [-0.2, 0) is 19.4 Å². The van der Waals surface area contributed by atoms with E-state index in [1.807, 2.05) is 20.8 Å². The first-order chi connectivity index (χ1) is 9.08. The first-order valence-electron chi connectivity index (χ1n) is 6.14. The Morgan fingerprint density at radius 2 is 2.16 bits per heavy atom. The van der Waals surface area contributed by atoms with E-state index in [2.05, 4.69) is 14.7 Å². The van der Waals surface area contributed by atoms with Crippen LogP contribution in [0.5, 0.6) is 0 Å². The maximum Gasteiger partial charge on any atom is 0.182 e. The number of rotatable bonds is 5. The van der Waals surface area contributed by atoms with E-state index >= 15 is 0 Å². The summed E-state index contributed by atoms with van der Waals surface area (Å²) in [7, 11) is 0. The summed E-state index contributed by atoms with van der Waals surface area (Å²) in [6.45, 7) is 6.47. The second-order valence-corrected chi connectivity index (χ2v) is 5.30. The maximum atomic E-state index is 12.3. The van der Waals surface area contributed by atoms with E-state index in [0.29, 0.717) is 22.9 Å². The average molecular weight is 299 g/mol. The van der Waals surface area contributed by atoms with Crippen LogP contribution in [0.2, 0.25) is 5.02 Å². The number of ketones is 1. The molecule has 2 aromatic rings. The van der Waals surface area contributed by atoms with E-state index in [4.69, 9.17) is 11.6 Å². The van der Waals surface area contributed by atoms with Crippen molar-refractivity contribution in [3.05, 3.63) is 27.0 Å². The summed E-state index contributed by atoms with van der Waals surface area (Å²) >= 11 is 7.35. The molecule has 0 N–H and O–H groups in total. The lowest BCUT2D eigenvalue weighted by Crippen LogP contribution is -2.10. The maximum absolute atomic E-state index is 12.3. The molecular weight excluding hydrogens is 284 g/mol. The van der Waals surface area contributed by atoms with E-state index < -0.39 is 0 Å². The van der Waals surface area contributed by atoms with E-state index in [1.54, 1.807) is 4.68 Å². The van der Waals surface area contributed by atoms with Crippen molar-refractivity contribution >= 4 is 28.9 Å². The van der Waals surface area contributed by atoms with Gasteiger partial charge in [0.25, 0.3) is 0 Å². The minimum absolute atomic E-state index is 0.00310. The Balaban J connectivity index is 2.29. The molecule has 0 atom stereocenters. The standard InChI is InChI=1S/C12H15ClN4OS/c1-4-8-12(19-16-14-8)10(18)6-9-11(13)7(3)15-17(9)5-2/h4-6H2,1-3H3. The fourth-order valence-electron chi connectivity index (χ4n) is 1.92. The normalized spacial score (nSPS) is 10.9. The summed E-state index contributed by atoms with van der Waals surface area (Å²) in [6, 6.07) is 0. The lowest BCUT2D eigenvalue weighted by molar-refractivity contribution is 0.0993. The Hall–Kier alpha value is -1.27. The summed E-state index contributed by atoms with van der Waals surface area (Å²) < 4.78 is 5.61. The molecule has 5 nitrogen and oxygen atoms in total. The molecule has 0 radical (unpaired) electrons. The molecule has 0 aromatic carbocycles. The second kappa shape index (κ2) is 5.79. The summed E-state index contributed by atoms with van der Waals surface area (Å²) in [4.78, 5) is 12.9. The van der Waals surface area contributed by atoms with Gasteiger partial charge in [0.15, 0.2) is 5.78 Å². The number of hydrogen-bond donors (Lipinski definition) is 0. The van der Waals surface area contributed by atoms with Gasteiger partial charge in [0.05, 0.1) is 28.5 Å². The van der Waals surface area contributed by atoms with Crippen LogP contribution in [0.3, 0.4) is 0 Å². The number of nitrogens with zero attached hydrogens (tertiary/aromatic N) is 4. The quantitative estimate of drug-likeness (QED) is 0.796. The Morgan fingerprint density at radius 3 is 2.79 bits per heavy atom. The Bertz CT molecular complexity index is 605. The highest BCUT2D eigenvalue weighted by Gasteiger charge is 2.20. The third-order valence-corrected chi connectivity index (χ3v) is 4.23. The van der Waals surface area contributed by atoms with Crippen LogP contribution < -0.4 is 0 Å². The number of aryl methyl sites for hydroxylation is 3. The first-order valence-corrected chi connectivity index (χ1v) is 7.29. The van der Waals surface area contributed by atoms with Crippen molar-refractivity contribution in [2.24, 2.45) is 0 Å². The number of aromatic nitrogens is 4. The first kappa shape index (κ1) is 14.1. The minimum atomic E-state index is 0.00310. The Labute approximate surface area is 120 Å². The molecule has 0 aliphatic rings. The zero-order chi connectivity index (χ0) is 14.0. The van der Waals surface area contributed by atoms with Crippen LogP contribution in [0.4, 0.5) is 0 Å². The van der Waals surface area contributed by atoms with E-state index in [1.165, 1.54) is 0 Å². The van der Waals surface area contributed by atoms with Gasteiger partial charge in [0.2, 0.25) is 0 Å². The van der Waals surface area contributed by atoms with Crippen molar-refractivity contribution in [1.82, 2.24) is 19.4 Å². The third-order valence-electron chi connectivity index (χ3n) is 2.92. The van der Waals surface area contributed by atoms with Gasteiger partial charge < -0.3 is 0 Å². The number of carbonyl (C=O) groups is 1. The molecule has 0 unspecified atom stereocenters. The van der Waals surface area contributed by atoms with Crippen LogP contribution in [-0.4, -0.2) is 25.2 Å². The van der Waals surface area contributed by atoms with Gasteiger partial charge in [-0.15, -0.1) is 5.10 Å². The molecule has 2 rings (SSSR count). The van der Waals surface area contributed by atoms with Crippen molar-refractivity contribution in [2.75, 3.05) is 0 Å². The zero-order valence-corrected chi connectivity index (χ0v) is 12.7. The van der Waals surface area contributed by atoms with Crippen LogP contribution in [0.1, 0.15) is 40.6 Å². The van der Waals surface area contributed by atoms with Gasteiger partial charge in [0, 0.05) is 6.54 Å². The fraction of sp³-hybridized carbons (Fsp3) is 0.500. The highest BCUT2D eigenvalue weighted by molar-refractivity contribution is 7.08. The summed E-state index contributed by atoms with van der Waals surface area (Å²) in [5.74, 6) is 0.00310. The molecule has 0 saturated carbocycles. The van der Waals surface area contributed by atoms with Gasteiger partial charge in [-0.25, -0.2) is 0 Å². The molecular formula is C12H15ClN4OS. The smallest absolute Gasteiger partial charge is 0.182 e. The van der Waals surface area contributed by atoms with Gasteiger partial charge >= 0.3 is 0 Å². The highest BCUT2D eigenvalue weighted by atomic mass is 35.5. The molecule has 2 aromatic heterocycles. The second-order valence-electron chi connectivity index (χ2n) is 4.16. The third kappa shape index (κ3) is 2.69. The molecule has 7 heteroatoms. The lowest BCUT2D eigenvalue weighted by Gasteiger charge is -2.04. The van der Waals surface area contributed by atoms with Gasteiger partial charge in [-0.2, -0.15) is 5.10 Å². The zero-order valence-electron chi connectivity index (χ0n) is 11.1. The van der Waals surface area contributed by atoms with Crippen LogP contribution >= 0.6 is 23.1 Å². The largest absolute Gasteiger partial charge is 0.293 e. The molecule has 0 spiro atoms. The number of halogens is 1. The Kier molecular flexibility index (Phi) is 4.31. The van der Waals surface area contributed by atoms with E-state index in [9.17, 15) is 4.79 Å². The summed E-state index contributed by atoms with van der Waals surface area (Å²) in [6.07, 6.45) is 0.946. The van der Waals surface area contributed by atoms with Gasteiger partial charge in [-0.1, -0.05) is 23.0 Å². The molecule has 0 aliphatic carbocycles. The molecule has 0 fully saturated rings. The SMILES string of the molecule is CCc1nnsc1C(=O)Cc1c(Cl)c(C)nn1CC. The highest BCUT2D eigenvalue weighted by Crippen LogP contribution is 2.23. The lowest BCUT2D eigenvalue weighted by atomic mass is 10.1. The fourth-order valence-corrected chi connectivity index (χ4v) is 2.81. The van der Waals surface area contributed by atoms with Crippen molar-refractivity contribution in [1.29, 1.82) is 0 Å². The Morgan fingerprint density at radius 1 is 1.42 bits per heavy atom. The van der Waals surface area contributed by atoms with Crippen molar-refractivity contribution in [2.45, 2.75) is 40.2 Å². The molecule has 0 bridgehead atoms. The van der Waals surface area contributed by atoms with Crippen LogP contribution in [0.15, 0.2) is 0 Å². The van der Waals surface area contributed by atoms with E-state index in [-0.39, 0.29) is 12.2 Å². The van der Waals surface area contributed by atoms with E-state index in [0.717, 1.165) is 28.6 Å². The molecule has 0 amide bonds. The molecule has 2 heterocycles. The van der Waals surface area contributed by atoms with Crippen molar-refractivity contribution in [3.63, 3.8) is 0 Å². The van der Waals surface area contributed by atoms with Gasteiger partial charge in [-0.3, -0.25) is 9.48 Å². The van der Waals surface area contributed by atoms with Crippen molar-refractivity contribution in [3.8, 4) is 0 Å². The van der Waals surface area contributed by atoms with Crippen LogP contribution in [0, 0.1) is 6.92 Å².